The molecule has 136 valence electrons. The highest BCUT2D eigenvalue weighted by atomic mass is 16.5. The third-order valence-corrected chi connectivity index (χ3v) is 4.02. The number of hydrogen-bond acceptors (Lipinski definition) is 4. The number of amides is 1. The van der Waals surface area contributed by atoms with E-state index in [4.69, 9.17) is 4.74 Å². The van der Waals surface area contributed by atoms with Gasteiger partial charge in [-0.2, -0.15) is 0 Å². The van der Waals surface area contributed by atoms with E-state index in [-0.39, 0.29) is 17.5 Å². The number of aromatic nitrogens is 2. The smallest absolute Gasteiger partial charge is 0.298 e. The molecule has 1 aromatic heterocycles. The van der Waals surface area contributed by atoms with Crippen LogP contribution in [0.5, 0.6) is 5.75 Å². The van der Waals surface area contributed by atoms with E-state index in [2.05, 4.69) is 4.98 Å². The van der Waals surface area contributed by atoms with Gasteiger partial charge in [0.2, 0.25) is 0 Å². The molecule has 27 heavy (non-hydrogen) atoms. The standard InChI is InChI=1S/C21H19N3O3/c1-23-15-13-22-20(23)21(26)24(17-8-10-18(27-2)11-9-17)14-12-19(25)16-6-4-3-5-7-16/h3-15H,1-2H3/b14-12+. The quantitative estimate of drug-likeness (QED) is 0.498. The molecule has 0 unspecified atom stereocenters. The Kier molecular flexibility index (Phi) is 5.47. The third-order valence-electron chi connectivity index (χ3n) is 4.02. The van der Waals surface area contributed by atoms with Gasteiger partial charge >= 0.3 is 0 Å². The second-order valence-corrected chi connectivity index (χ2v) is 5.78. The second kappa shape index (κ2) is 8.14. The van der Waals surface area contributed by atoms with Crippen molar-refractivity contribution in [2.24, 2.45) is 7.05 Å². The molecule has 0 saturated carbocycles. The minimum Gasteiger partial charge on any atom is -0.497 e. The Labute approximate surface area is 157 Å². The Morgan fingerprint density at radius 2 is 1.78 bits per heavy atom. The highest BCUT2D eigenvalue weighted by Crippen LogP contribution is 2.21. The average molecular weight is 361 g/mol. The number of benzene rings is 2. The van der Waals surface area contributed by atoms with Gasteiger partial charge in [-0.3, -0.25) is 14.5 Å². The van der Waals surface area contributed by atoms with Gasteiger partial charge in [-0.25, -0.2) is 4.98 Å². The number of hydrogen-bond donors (Lipinski definition) is 0. The lowest BCUT2D eigenvalue weighted by atomic mass is 10.1. The summed E-state index contributed by atoms with van der Waals surface area (Å²) in [6.45, 7) is 0. The zero-order valence-electron chi connectivity index (χ0n) is 15.1. The average Bonchev–Trinajstić information content (AvgIpc) is 3.14. The van der Waals surface area contributed by atoms with Gasteiger partial charge in [0, 0.05) is 43.0 Å². The van der Waals surface area contributed by atoms with Crippen molar-refractivity contribution in [1.82, 2.24) is 9.55 Å². The predicted octanol–water partition coefficient (Wildman–Crippen LogP) is 3.47. The molecule has 3 aromatic rings. The molecule has 0 atom stereocenters. The van der Waals surface area contributed by atoms with Crippen molar-refractivity contribution in [3.05, 3.63) is 90.7 Å². The molecule has 0 fully saturated rings. The van der Waals surface area contributed by atoms with Gasteiger partial charge in [-0.1, -0.05) is 30.3 Å². The Hall–Kier alpha value is -3.67. The lowest BCUT2D eigenvalue weighted by Crippen LogP contribution is -2.28. The SMILES string of the molecule is COc1ccc(N(/C=C/C(=O)c2ccccc2)C(=O)c2nccn2C)cc1. The molecule has 1 heterocycles. The normalized spacial score (nSPS) is 10.7. The predicted molar refractivity (Wildman–Crippen MR) is 103 cm³/mol. The van der Waals surface area contributed by atoms with Crippen LogP contribution >= 0.6 is 0 Å². The molecular weight excluding hydrogens is 342 g/mol. The zero-order chi connectivity index (χ0) is 19.2. The number of carbonyl (C=O) groups is 2. The molecule has 0 spiro atoms. The summed E-state index contributed by atoms with van der Waals surface area (Å²) in [6, 6.07) is 15.9. The number of allylic oxidation sites excluding steroid dienone is 1. The fourth-order valence-corrected chi connectivity index (χ4v) is 2.53. The van der Waals surface area contributed by atoms with Gasteiger partial charge in [0.15, 0.2) is 11.6 Å². The van der Waals surface area contributed by atoms with Crippen molar-refractivity contribution in [3.63, 3.8) is 0 Å². The maximum absolute atomic E-state index is 13.0. The number of imidazole rings is 1. The van der Waals surface area contributed by atoms with Crippen LogP contribution in [0.25, 0.3) is 0 Å². The van der Waals surface area contributed by atoms with E-state index in [0.717, 1.165) is 0 Å². The van der Waals surface area contributed by atoms with Crippen LogP contribution in [0.2, 0.25) is 0 Å². The van der Waals surface area contributed by atoms with Gasteiger partial charge in [0.05, 0.1) is 7.11 Å². The van der Waals surface area contributed by atoms with E-state index in [1.165, 1.54) is 17.2 Å². The number of nitrogens with zero attached hydrogens (tertiary/aromatic N) is 3. The second-order valence-electron chi connectivity index (χ2n) is 5.78. The zero-order valence-corrected chi connectivity index (χ0v) is 15.1. The Morgan fingerprint density at radius 3 is 2.37 bits per heavy atom. The van der Waals surface area contributed by atoms with E-state index in [0.29, 0.717) is 17.0 Å². The summed E-state index contributed by atoms with van der Waals surface area (Å²) < 4.78 is 6.80. The highest BCUT2D eigenvalue weighted by molar-refractivity contribution is 6.08. The Bertz CT molecular complexity index is 960. The van der Waals surface area contributed by atoms with Crippen molar-refractivity contribution >= 4 is 17.4 Å². The lowest BCUT2D eigenvalue weighted by molar-refractivity contribution is 0.0985. The molecule has 0 radical (unpaired) electrons. The molecule has 0 aliphatic carbocycles. The largest absolute Gasteiger partial charge is 0.497 e. The first kappa shape index (κ1) is 18.1. The van der Waals surface area contributed by atoms with E-state index >= 15 is 0 Å². The van der Waals surface area contributed by atoms with Crippen molar-refractivity contribution in [2.75, 3.05) is 12.0 Å². The minimum atomic E-state index is -0.343. The van der Waals surface area contributed by atoms with E-state index in [9.17, 15) is 9.59 Å². The fourth-order valence-electron chi connectivity index (χ4n) is 2.53. The Morgan fingerprint density at radius 1 is 1.07 bits per heavy atom. The van der Waals surface area contributed by atoms with Crippen molar-refractivity contribution in [1.29, 1.82) is 0 Å². The Balaban J connectivity index is 1.94. The molecule has 0 N–H and O–H groups in total. The topological polar surface area (TPSA) is 64.4 Å². The summed E-state index contributed by atoms with van der Waals surface area (Å²) in [5, 5.41) is 0. The monoisotopic (exact) mass is 361 g/mol. The molecule has 0 aliphatic heterocycles. The first-order valence-electron chi connectivity index (χ1n) is 8.32. The number of rotatable bonds is 6. The molecule has 0 aliphatic rings. The third kappa shape index (κ3) is 4.12. The van der Waals surface area contributed by atoms with Crippen LogP contribution in [0.1, 0.15) is 21.0 Å². The van der Waals surface area contributed by atoms with Gasteiger partial charge < -0.3 is 9.30 Å². The van der Waals surface area contributed by atoms with Crippen LogP contribution in [-0.2, 0) is 7.05 Å². The van der Waals surface area contributed by atoms with Gasteiger partial charge in [0.1, 0.15) is 5.75 Å². The number of methoxy groups -OCH3 is 1. The molecule has 6 nitrogen and oxygen atoms in total. The van der Waals surface area contributed by atoms with E-state index in [1.807, 2.05) is 6.07 Å². The molecular formula is C21H19N3O3. The fraction of sp³-hybridized carbons (Fsp3) is 0.0952. The van der Waals surface area contributed by atoms with Gasteiger partial charge in [-0.15, -0.1) is 0 Å². The summed E-state index contributed by atoms with van der Waals surface area (Å²) in [5.74, 6) is 0.404. The number of carbonyl (C=O) groups excluding carboxylic acids is 2. The van der Waals surface area contributed by atoms with Crippen LogP contribution in [-0.4, -0.2) is 28.4 Å². The molecule has 0 bridgehead atoms. The van der Waals surface area contributed by atoms with Crippen LogP contribution in [0.3, 0.4) is 0 Å². The first-order valence-corrected chi connectivity index (χ1v) is 8.32. The first-order chi connectivity index (χ1) is 13.1. The molecule has 1 amide bonds. The minimum absolute atomic E-state index is 0.193. The van der Waals surface area contributed by atoms with E-state index < -0.39 is 0 Å². The lowest BCUT2D eigenvalue weighted by Gasteiger charge is -2.18. The summed E-state index contributed by atoms with van der Waals surface area (Å²) >= 11 is 0. The number of ether oxygens (including phenoxy) is 1. The number of ketones is 1. The maximum atomic E-state index is 13.0. The number of aryl methyl sites for hydroxylation is 1. The van der Waals surface area contributed by atoms with E-state index in [1.54, 1.807) is 79.6 Å². The summed E-state index contributed by atoms with van der Waals surface area (Å²) in [5.41, 5.74) is 1.15. The molecule has 6 heteroatoms. The van der Waals surface area contributed by atoms with Gasteiger partial charge in [0.25, 0.3) is 5.91 Å². The van der Waals surface area contributed by atoms with Crippen molar-refractivity contribution in [3.8, 4) is 5.75 Å². The number of anilines is 1. The molecule has 2 aromatic carbocycles. The van der Waals surface area contributed by atoms with Crippen LogP contribution in [0.15, 0.2) is 79.3 Å². The highest BCUT2D eigenvalue weighted by Gasteiger charge is 2.20. The summed E-state index contributed by atoms with van der Waals surface area (Å²) in [4.78, 5) is 30.9. The van der Waals surface area contributed by atoms with Crippen LogP contribution in [0, 0.1) is 0 Å². The van der Waals surface area contributed by atoms with Crippen LogP contribution < -0.4 is 9.64 Å². The van der Waals surface area contributed by atoms with Crippen molar-refractivity contribution in [2.45, 2.75) is 0 Å². The van der Waals surface area contributed by atoms with Crippen molar-refractivity contribution < 1.29 is 14.3 Å². The molecule has 3 rings (SSSR count). The van der Waals surface area contributed by atoms with Gasteiger partial charge in [-0.05, 0) is 24.3 Å². The van der Waals surface area contributed by atoms with Crippen LogP contribution in [0.4, 0.5) is 5.69 Å². The molecule has 0 saturated heterocycles. The summed E-state index contributed by atoms with van der Waals surface area (Å²) in [7, 11) is 3.31. The maximum Gasteiger partial charge on any atom is 0.298 e. The summed E-state index contributed by atoms with van der Waals surface area (Å²) in [6.07, 6.45) is 6.09.